The minimum Gasteiger partial charge on any atom is -0.333 e. The Bertz CT molecular complexity index is 301. The molecule has 4 heteroatoms. The average Bonchev–Trinajstić information content (AvgIpc) is 2.71. The monoisotopic (exact) mass is 194 g/mol. The first-order valence-corrected chi connectivity index (χ1v) is 4.19. The zero-order valence-corrected chi connectivity index (χ0v) is 7.53. The van der Waals surface area contributed by atoms with Crippen LogP contribution in [0.1, 0.15) is 6.42 Å². The van der Waals surface area contributed by atoms with Gasteiger partial charge in [-0.1, -0.05) is 24.3 Å². The number of halogens is 1. The van der Waals surface area contributed by atoms with E-state index in [2.05, 4.69) is 5.32 Å². The maximum atomic E-state index is 11.5. The Kier molecular flexibility index (Phi) is 4.20. The average molecular weight is 194 g/mol. The number of nitrogens with one attached hydrogen (secondary N) is 2. The second-order valence-electron chi connectivity index (χ2n) is 2.63. The molecule has 1 aliphatic heterocycles. The number of carbonyl (C=O) groups is 1. The molecular weight excluding hydrogens is 183 g/mol. The summed E-state index contributed by atoms with van der Waals surface area (Å²) in [6.07, 6.45) is 4.00. The van der Waals surface area contributed by atoms with Gasteiger partial charge in [0.2, 0.25) is 5.91 Å². The van der Waals surface area contributed by atoms with Crippen LogP contribution in [0.25, 0.3) is 0 Å². The number of hydrogen-bond donors (Lipinski definition) is 2. The van der Waals surface area contributed by atoms with Gasteiger partial charge in [-0.3, -0.25) is 4.79 Å². The summed E-state index contributed by atoms with van der Waals surface area (Å²) in [6, 6.07) is 8.67. The van der Waals surface area contributed by atoms with Crippen molar-refractivity contribution in [2.24, 2.45) is 0 Å². The standard InChI is InChI=1S/C6H6FN.C4H5NO/c7-8-6-4-2-1-3-5-6;6-4-2-1-3-5-4/h1-5,8H;1,3H,2H2,(H,5,6). The van der Waals surface area contributed by atoms with Gasteiger partial charge < -0.3 is 5.32 Å². The van der Waals surface area contributed by atoms with E-state index in [0.29, 0.717) is 12.1 Å². The van der Waals surface area contributed by atoms with Gasteiger partial charge in [-0.05, 0) is 12.1 Å². The molecule has 1 aromatic carbocycles. The lowest BCUT2D eigenvalue weighted by atomic mass is 10.3. The van der Waals surface area contributed by atoms with Gasteiger partial charge in [0, 0.05) is 12.6 Å². The molecule has 0 unspecified atom stereocenters. The number of anilines is 1. The van der Waals surface area contributed by atoms with Gasteiger partial charge in [0.15, 0.2) is 0 Å². The quantitative estimate of drug-likeness (QED) is 0.671. The molecule has 14 heavy (non-hydrogen) atoms. The molecule has 0 radical (unpaired) electrons. The topological polar surface area (TPSA) is 41.1 Å². The van der Waals surface area contributed by atoms with Crippen molar-refractivity contribution in [2.45, 2.75) is 6.42 Å². The summed E-state index contributed by atoms with van der Waals surface area (Å²) in [7, 11) is 0. The Morgan fingerprint density at radius 1 is 1.29 bits per heavy atom. The van der Waals surface area contributed by atoms with Gasteiger partial charge in [0.05, 0.1) is 5.69 Å². The summed E-state index contributed by atoms with van der Waals surface area (Å²) in [5, 5.41) is 2.50. The van der Waals surface area contributed by atoms with Crippen molar-refractivity contribution in [1.29, 1.82) is 0 Å². The van der Waals surface area contributed by atoms with Gasteiger partial charge in [-0.2, -0.15) is 0 Å². The fourth-order valence-corrected chi connectivity index (χ4v) is 0.878. The molecule has 0 atom stereocenters. The van der Waals surface area contributed by atoms with Crippen LogP contribution in [0.15, 0.2) is 42.6 Å². The lowest BCUT2D eigenvalue weighted by molar-refractivity contribution is -0.118. The normalized spacial score (nSPS) is 12.8. The van der Waals surface area contributed by atoms with E-state index < -0.39 is 0 Å². The highest BCUT2D eigenvalue weighted by molar-refractivity contribution is 5.80. The SMILES string of the molecule is FNc1ccccc1.O=C1CC=CN1. The summed E-state index contributed by atoms with van der Waals surface area (Å²) in [5.41, 5.74) is 2.02. The van der Waals surface area contributed by atoms with Crippen molar-refractivity contribution in [3.05, 3.63) is 42.6 Å². The van der Waals surface area contributed by atoms with E-state index in [1.807, 2.05) is 6.07 Å². The van der Waals surface area contributed by atoms with Crippen molar-refractivity contribution in [1.82, 2.24) is 5.32 Å². The van der Waals surface area contributed by atoms with Crippen LogP contribution in [-0.2, 0) is 4.79 Å². The molecule has 2 rings (SSSR count). The zero-order valence-electron chi connectivity index (χ0n) is 7.53. The summed E-state index contributed by atoms with van der Waals surface area (Å²) in [5.74, 6) is 0.0926. The fraction of sp³-hybridized carbons (Fsp3) is 0.100. The van der Waals surface area contributed by atoms with Crippen molar-refractivity contribution >= 4 is 11.6 Å². The van der Waals surface area contributed by atoms with E-state index in [4.69, 9.17) is 0 Å². The van der Waals surface area contributed by atoms with E-state index in [1.165, 1.54) is 5.54 Å². The maximum absolute atomic E-state index is 11.5. The number of benzene rings is 1. The Hall–Kier alpha value is -1.84. The highest BCUT2D eigenvalue weighted by Crippen LogP contribution is 2.03. The summed E-state index contributed by atoms with van der Waals surface area (Å²) < 4.78 is 11.5. The van der Waals surface area contributed by atoms with E-state index in [1.54, 1.807) is 36.5 Å². The molecule has 0 spiro atoms. The lowest BCUT2D eigenvalue weighted by Crippen LogP contribution is -2.08. The van der Waals surface area contributed by atoms with Crippen LogP contribution >= 0.6 is 0 Å². The third-order valence-corrected chi connectivity index (χ3v) is 1.55. The molecule has 1 aromatic rings. The van der Waals surface area contributed by atoms with Gasteiger partial charge in [-0.15, -0.1) is 4.48 Å². The highest BCUT2D eigenvalue weighted by atomic mass is 19.2. The maximum Gasteiger partial charge on any atom is 0.227 e. The van der Waals surface area contributed by atoms with Gasteiger partial charge in [0.25, 0.3) is 0 Å². The molecule has 74 valence electrons. The number of carbonyl (C=O) groups excluding carboxylic acids is 1. The minimum absolute atomic E-state index is 0.0926. The van der Waals surface area contributed by atoms with Crippen LogP contribution in [0.4, 0.5) is 10.2 Å². The Morgan fingerprint density at radius 3 is 2.29 bits per heavy atom. The van der Waals surface area contributed by atoms with Crippen molar-refractivity contribution in [3.8, 4) is 0 Å². The fourth-order valence-electron chi connectivity index (χ4n) is 0.878. The highest BCUT2D eigenvalue weighted by Gasteiger charge is 1.97. The summed E-state index contributed by atoms with van der Waals surface area (Å²) in [4.78, 5) is 10.1. The van der Waals surface area contributed by atoms with Gasteiger partial charge in [0.1, 0.15) is 0 Å². The second-order valence-corrected chi connectivity index (χ2v) is 2.63. The number of para-hydroxylation sites is 1. The van der Waals surface area contributed by atoms with E-state index in [-0.39, 0.29) is 5.91 Å². The zero-order chi connectivity index (χ0) is 10.2. The number of hydrogen-bond acceptors (Lipinski definition) is 2. The van der Waals surface area contributed by atoms with E-state index in [9.17, 15) is 9.28 Å². The molecule has 1 heterocycles. The smallest absolute Gasteiger partial charge is 0.227 e. The van der Waals surface area contributed by atoms with Crippen molar-refractivity contribution in [3.63, 3.8) is 0 Å². The molecule has 3 nitrogen and oxygen atoms in total. The first kappa shape index (κ1) is 10.2. The second kappa shape index (κ2) is 5.75. The van der Waals surface area contributed by atoms with Crippen LogP contribution < -0.4 is 10.9 Å². The molecule has 0 aromatic heterocycles. The van der Waals surface area contributed by atoms with Gasteiger partial charge >= 0.3 is 0 Å². The molecular formula is C10H11FN2O. The third kappa shape index (κ3) is 3.71. The summed E-state index contributed by atoms with van der Waals surface area (Å²) in [6.45, 7) is 0. The molecule has 0 bridgehead atoms. The lowest BCUT2D eigenvalue weighted by Gasteiger charge is -1.89. The van der Waals surface area contributed by atoms with Gasteiger partial charge in [-0.25, -0.2) is 5.54 Å². The Labute approximate surface area is 81.6 Å². The summed E-state index contributed by atoms with van der Waals surface area (Å²) >= 11 is 0. The third-order valence-electron chi connectivity index (χ3n) is 1.55. The van der Waals surface area contributed by atoms with Crippen LogP contribution in [0, 0.1) is 0 Å². The van der Waals surface area contributed by atoms with Crippen LogP contribution in [-0.4, -0.2) is 5.91 Å². The van der Waals surface area contributed by atoms with Crippen LogP contribution in [0.5, 0.6) is 0 Å². The Morgan fingerprint density at radius 2 is 2.00 bits per heavy atom. The molecule has 2 N–H and O–H groups in total. The van der Waals surface area contributed by atoms with E-state index >= 15 is 0 Å². The van der Waals surface area contributed by atoms with Crippen LogP contribution in [0.3, 0.4) is 0 Å². The molecule has 1 amide bonds. The predicted octanol–water partition coefficient (Wildman–Crippen LogP) is 2.00. The van der Waals surface area contributed by atoms with Crippen molar-refractivity contribution in [2.75, 3.05) is 5.54 Å². The number of rotatable bonds is 1. The largest absolute Gasteiger partial charge is 0.333 e. The van der Waals surface area contributed by atoms with Crippen molar-refractivity contribution < 1.29 is 9.28 Å². The van der Waals surface area contributed by atoms with E-state index in [0.717, 1.165) is 0 Å². The predicted molar refractivity (Wildman–Crippen MR) is 53.1 cm³/mol. The van der Waals surface area contributed by atoms with Crippen LogP contribution in [0.2, 0.25) is 0 Å². The number of amides is 1. The molecule has 0 saturated carbocycles. The minimum atomic E-state index is 0.0926. The first-order valence-electron chi connectivity index (χ1n) is 4.19. The Balaban J connectivity index is 0.000000146. The molecule has 0 saturated heterocycles. The molecule has 0 fully saturated rings. The molecule has 0 aliphatic carbocycles. The molecule has 1 aliphatic rings. The first-order chi connectivity index (χ1) is 6.83.